The van der Waals surface area contributed by atoms with Gasteiger partial charge in [0.2, 0.25) is 0 Å². The third-order valence-electron chi connectivity index (χ3n) is 4.61. The van der Waals surface area contributed by atoms with E-state index in [9.17, 15) is 9.59 Å². The van der Waals surface area contributed by atoms with E-state index < -0.39 is 5.97 Å². The van der Waals surface area contributed by atoms with Crippen LogP contribution in [0.2, 0.25) is 0 Å². The molecule has 2 amide bonds. The molecule has 1 atom stereocenters. The van der Waals surface area contributed by atoms with Crippen molar-refractivity contribution in [3.63, 3.8) is 0 Å². The summed E-state index contributed by atoms with van der Waals surface area (Å²) in [7, 11) is 0. The molecule has 0 bridgehead atoms. The number of unbranched alkanes of at least 4 members (excludes halogenated alkanes) is 1. The van der Waals surface area contributed by atoms with E-state index >= 15 is 0 Å². The molecule has 1 saturated heterocycles. The van der Waals surface area contributed by atoms with Crippen LogP contribution in [0.3, 0.4) is 0 Å². The predicted octanol–water partition coefficient (Wildman–Crippen LogP) is 2.46. The van der Waals surface area contributed by atoms with Crippen molar-refractivity contribution in [2.45, 2.75) is 51.4 Å². The number of carboxylic acid groups (broad SMARTS) is 1. The van der Waals surface area contributed by atoms with Gasteiger partial charge in [0.05, 0.1) is 5.92 Å². The first-order valence-electron chi connectivity index (χ1n) is 7.92. The molecule has 1 aliphatic heterocycles. The molecule has 1 unspecified atom stereocenters. The highest BCUT2D eigenvalue weighted by Gasteiger charge is 2.30. The molecule has 5 heteroatoms. The fourth-order valence-corrected chi connectivity index (χ4v) is 3.31. The van der Waals surface area contributed by atoms with Gasteiger partial charge in [0.25, 0.3) is 0 Å². The van der Waals surface area contributed by atoms with E-state index in [1.807, 2.05) is 0 Å². The van der Waals surface area contributed by atoms with Gasteiger partial charge in [-0.15, -0.1) is 0 Å². The maximum absolute atomic E-state index is 11.9. The van der Waals surface area contributed by atoms with E-state index in [-0.39, 0.29) is 11.9 Å². The molecule has 5 nitrogen and oxygen atoms in total. The van der Waals surface area contributed by atoms with Crippen molar-refractivity contribution in [3.8, 4) is 0 Å². The fraction of sp³-hybridized carbons (Fsp3) is 0.867. The molecule has 2 aliphatic rings. The van der Waals surface area contributed by atoms with Crippen LogP contribution in [0.25, 0.3) is 0 Å². The Labute approximate surface area is 120 Å². The standard InChI is InChI=1S/C15H26N2O3/c18-14(19)13-8-10-17(11-13)15(20)16-9-4-3-7-12-5-1-2-6-12/h12-13H,1-11H2,(H,16,20)(H,18,19). The molecule has 1 saturated carbocycles. The zero-order valence-electron chi connectivity index (χ0n) is 12.1. The van der Waals surface area contributed by atoms with E-state index in [0.29, 0.717) is 26.1 Å². The Hall–Kier alpha value is -1.26. The number of likely N-dealkylation sites (tertiary alicyclic amines) is 1. The molecule has 2 N–H and O–H groups in total. The Morgan fingerprint density at radius 2 is 1.90 bits per heavy atom. The molecule has 0 radical (unpaired) electrons. The van der Waals surface area contributed by atoms with E-state index in [1.54, 1.807) is 4.90 Å². The number of nitrogens with zero attached hydrogens (tertiary/aromatic N) is 1. The molecule has 0 aromatic heterocycles. The average molecular weight is 282 g/mol. The average Bonchev–Trinajstić information content (AvgIpc) is 3.09. The third-order valence-corrected chi connectivity index (χ3v) is 4.61. The minimum atomic E-state index is -0.795. The lowest BCUT2D eigenvalue weighted by Gasteiger charge is -2.16. The number of carboxylic acids is 1. The lowest BCUT2D eigenvalue weighted by molar-refractivity contribution is -0.141. The van der Waals surface area contributed by atoms with Gasteiger partial charge in [0.15, 0.2) is 0 Å². The highest BCUT2D eigenvalue weighted by molar-refractivity contribution is 5.77. The Kier molecular flexibility index (Phi) is 5.68. The molecular weight excluding hydrogens is 256 g/mol. The molecule has 20 heavy (non-hydrogen) atoms. The number of carbonyl (C=O) groups is 2. The van der Waals surface area contributed by atoms with Crippen molar-refractivity contribution in [1.29, 1.82) is 0 Å². The molecule has 1 aliphatic carbocycles. The van der Waals surface area contributed by atoms with Gasteiger partial charge in [-0.05, 0) is 18.8 Å². The Bertz CT molecular complexity index is 340. The van der Waals surface area contributed by atoms with Gasteiger partial charge in [0, 0.05) is 19.6 Å². The van der Waals surface area contributed by atoms with Gasteiger partial charge >= 0.3 is 12.0 Å². The normalized spacial score (nSPS) is 23.2. The first-order chi connectivity index (χ1) is 9.66. The summed E-state index contributed by atoms with van der Waals surface area (Å²) in [5.41, 5.74) is 0. The van der Waals surface area contributed by atoms with Crippen LogP contribution >= 0.6 is 0 Å². The van der Waals surface area contributed by atoms with E-state index in [4.69, 9.17) is 5.11 Å². The van der Waals surface area contributed by atoms with Crippen LogP contribution in [0.15, 0.2) is 0 Å². The van der Waals surface area contributed by atoms with E-state index in [2.05, 4.69) is 5.32 Å². The van der Waals surface area contributed by atoms with Crippen molar-refractivity contribution < 1.29 is 14.7 Å². The van der Waals surface area contributed by atoms with Gasteiger partial charge in [-0.25, -0.2) is 4.79 Å². The van der Waals surface area contributed by atoms with Crippen LogP contribution < -0.4 is 5.32 Å². The highest BCUT2D eigenvalue weighted by Crippen LogP contribution is 2.28. The van der Waals surface area contributed by atoms with Crippen LogP contribution in [0.4, 0.5) is 4.79 Å². The first-order valence-corrected chi connectivity index (χ1v) is 7.92. The summed E-state index contributed by atoms with van der Waals surface area (Å²) in [5.74, 6) is -0.263. The molecule has 2 rings (SSSR count). The minimum absolute atomic E-state index is 0.102. The highest BCUT2D eigenvalue weighted by atomic mass is 16.4. The Morgan fingerprint density at radius 1 is 1.15 bits per heavy atom. The molecule has 0 aromatic rings. The quantitative estimate of drug-likeness (QED) is 0.735. The lowest BCUT2D eigenvalue weighted by atomic mass is 10.0. The lowest BCUT2D eigenvalue weighted by Crippen LogP contribution is -2.39. The monoisotopic (exact) mass is 282 g/mol. The zero-order valence-corrected chi connectivity index (χ0v) is 12.1. The number of carbonyl (C=O) groups excluding carboxylic acids is 1. The SMILES string of the molecule is O=C(O)C1CCN(C(=O)NCCCCC2CCCC2)C1. The summed E-state index contributed by atoms with van der Waals surface area (Å²) in [6.07, 6.45) is 9.63. The van der Waals surface area contributed by atoms with Crippen LogP contribution in [0.1, 0.15) is 51.4 Å². The summed E-state index contributed by atoms with van der Waals surface area (Å²) in [6.45, 7) is 1.62. The van der Waals surface area contributed by atoms with Crippen LogP contribution in [-0.4, -0.2) is 41.6 Å². The predicted molar refractivity (Wildman–Crippen MR) is 76.5 cm³/mol. The van der Waals surface area contributed by atoms with Gasteiger partial charge < -0.3 is 15.3 Å². The molecule has 0 spiro atoms. The van der Waals surface area contributed by atoms with Crippen LogP contribution in [0, 0.1) is 11.8 Å². The van der Waals surface area contributed by atoms with Crippen molar-refractivity contribution >= 4 is 12.0 Å². The number of rotatable bonds is 6. The summed E-state index contributed by atoms with van der Waals surface area (Å²) in [5, 5.41) is 11.8. The van der Waals surface area contributed by atoms with Crippen molar-refractivity contribution in [2.75, 3.05) is 19.6 Å². The molecule has 1 heterocycles. The van der Waals surface area contributed by atoms with Gasteiger partial charge in [-0.2, -0.15) is 0 Å². The van der Waals surface area contributed by atoms with Gasteiger partial charge in [-0.3, -0.25) is 4.79 Å². The van der Waals surface area contributed by atoms with E-state index in [0.717, 1.165) is 12.3 Å². The number of hydrogen-bond donors (Lipinski definition) is 2. The number of aliphatic carboxylic acids is 1. The van der Waals surface area contributed by atoms with E-state index in [1.165, 1.54) is 38.5 Å². The Balaban J connectivity index is 1.53. The van der Waals surface area contributed by atoms with Crippen LogP contribution in [0.5, 0.6) is 0 Å². The molecule has 114 valence electrons. The summed E-state index contributed by atoms with van der Waals surface area (Å²) in [4.78, 5) is 24.3. The Morgan fingerprint density at radius 3 is 2.55 bits per heavy atom. The second-order valence-corrected chi connectivity index (χ2v) is 6.15. The molecular formula is C15H26N2O3. The summed E-state index contributed by atoms with van der Waals surface area (Å²) in [6, 6.07) is -0.102. The largest absolute Gasteiger partial charge is 0.481 e. The number of urea groups is 1. The second-order valence-electron chi connectivity index (χ2n) is 6.15. The van der Waals surface area contributed by atoms with Gasteiger partial charge in [0.1, 0.15) is 0 Å². The third kappa shape index (κ3) is 4.39. The zero-order chi connectivity index (χ0) is 14.4. The second kappa shape index (κ2) is 7.50. The molecule has 2 fully saturated rings. The number of nitrogens with one attached hydrogen (secondary N) is 1. The van der Waals surface area contributed by atoms with Crippen molar-refractivity contribution in [1.82, 2.24) is 10.2 Å². The fourth-order valence-electron chi connectivity index (χ4n) is 3.31. The van der Waals surface area contributed by atoms with Crippen molar-refractivity contribution in [2.24, 2.45) is 11.8 Å². The maximum atomic E-state index is 11.9. The topological polar surface area (TPSA) is 69.6 Å². The number of hydrogen-bond acceptors (Lipinski definition) is 2. The first kappa shape index (κ1) is 15.1. The summed E-state index contributed by atoms with van der Waals surface area (Å²) < 4.78 is 0. The summed E-state index contributed by atoms with van der Waals surface area (Å²) >= 11 is 0. The van der Waals surface area contributed by atoms with Crippen LogP contribution in [-0.2, 0) is 4.79 Å². The van der Waals surface area contributed by atoms with Gasteiger partial charge in [-0.1, -0.05) is 38.5 Å². The number of amides is 2. The maximum Gasteiger partial charge on any atom is 0.317 e. The smallest absolute Gasteiger partial charge is 0.317 e. The minimum Gasteiger partial charge on any atom is -0.481 e. The molecule has 0 aromatic carbocycles. The van der Waals surface area contributed by atoms with Crippen molar-refractivity contribution in [3.05, 3.63) is 0 Å².